The zero-order chi connectivity index (χ0) is 29.3. The zero-order valence-electron chi connectivity index (χ0n) is 24.7. The Labute approximate surface area is 260 Å². The molecule has 0 saturated carbocycles. The van der Waals surface area contributed by atoms with Crippen LogP contribution in [0.2, 0.25) is 0 Å². The van der Waals surface area contributed by atoms with E-state index in [1.807, 2.05) is 42.7 Å². The van der Waals surface area contributed by atoms with Gasteiger partial charge in [-0.25, -0.2) is 9.98 Å². The van der Waals surface area contributed by atoms with E-state index in [1.54, 1.807) is 11.3 Å². The number of nitrogens with zero attached hydrogens (tertiary/aromatic N) is 6. The molecule has 2 aliphatic rings. The second kappa shape index (κ2) is 11.9. The Balaban J connectivity index is 1.20. The van der Waals surface area contributed by atoms with Crippen LogP contribution in [0.4, 0.5) is 5.69 Å². The van der Waals surface area contributed by atoms with Crippen LogP contribution in [-0.4, -0.2) is 46.0 Å². The summed E-state index contributed by atoms with van der Waals surface area (Å²) >= 11 is 1.70. The predicted octanol–water partition coefficient (Wildman–Crippen LogP) is 6.80. The Kier molecular flexibility index (Phi) is 7.37. The van der Waals surface area contributed by atoms with Gasteiger partial charge in [0.1, 0.15) is 10.6 Å². The van der Waals surface area contributed by atoms with Crippen LogP contribution in [0, 0.1) is 0 Å². The summed E-state index contributed by atoms with van der Waals surface area (Å²) in [6.45, 7) is 5.03. The molecule has 0 saturated heterocycles. The summed E-state index contributed by atoms with van der Waals surface area (Å²) in [7, 11) is 0. The average molecular weight is 599 g/mol. The maximum absolute atomic E-state index is 6.86. The molecule has 44 heavy (non-hydrogen) atoms. The van der Waals surface area contributed by atoms with Crippen molar-refractivity contribution in [2.45, 2.75) is 38.8 Å². The molecule has 0 amide bonds. The Bertz CT molecular complexity index is 1930. The first-order valence-corrected chi connectivity index (χ1v) is 16.4. The van der Waals surface area contributed by atoms with E-state index in [2.05, 4.69) is 62.2 Å². The van der Waals surface area contributed by atoms with Crippen LogP contribution in [0.25, 0.3) is 31.8 Å². The molecule has 8 rings (SSSR count). The van der Waals surface area contributed by atoms with E-state index in [4.69, 9.17) is 14.4 Å². The number of pyridine rings is 2. The molecule has 7 nitrogen and oxygen atoms in total. The molecule has 6 heterocycles. The standard InChI is InChI=1S/C36H34N6OS/c1-2-14-32-31(13-1)40-36(44-32)30-22-26-21-25-9-7-18-42-19-8-12-29(33(25)42)34(26)43-35(30)39-17-20-41(23-27-10-3-5-15-37-27)24-28-11-4-6-16-38-28/h1-6,10-11,13-16,21-22H,7-9,12,17-20,23-24H2. The fraction of sp³-hybridized carbons (Fsp3) is 0.278. The highest BCUT2D eigenvalue weighted by molar-refractivity contribution is 7.21. The van der Waals surface area contributed by atoms with E-state index in [-0.39, 0.29) is 0 Å². The largest absolute Gasteiger partial charge is 0.438 e. The molecule has 0 unspecified atom stereocenters. The number of benzene rings is 2. The van der Waals surface area contributed by atoms with Crippen molar-refractivity contribution < 1.29 is 4.42 Å². The van der Waals surface area contributed by atoms with E-state index >= 15 is 0 Å². The third kappa shape index (κ3) is 5.40. The van der Waals surface area contributed by atoms with Crippen molar-refractivity contribution in [1.82, 2.24) is 19.9 Å². The monoisotopic (exact) mass is 598 g/mol. The lowest BCUT2D eigenvalue weighted by Gasteiger charge is -2.37. The smallest absolute Gasteiger partial charge is 0.225 e. The van der Waals surface area contributed by atoms with Crippen LogP contribution >= 0.6 is 11.3 Å². The number of anilines is 1. The highest BCUT2D eigenvalue weighted by Gasteiger charge is 2.27. The van der Waals surface area contributed by atoms with Gasteiger partial charge >= 0.3 is 0 Å². The topological polar surface area (TPSA) is 70.7 Å². The van der Waals surface area contributed by atoms with Gasteiger partial charge in [0.2, 0.25) is 5.55 Å². The van der Waals surface area contributed by atoms with Crippen molar-refractivity contribution in [2.75, 3.05) is 31.1 Å². The van der Waals surface area contributed by atoms with Gasteiger partial charge in [0.05, 0.1) is 33.7 Å². The minimum atomic E-state index is 0.582. The Morgan fingerprint density at radius 1 is 0.864 bits per heavy atom. The summed E-state index contributed by atoms with van der Waals surface area (Å²) < 4.78 is 8.03. The van der Waals surface area contributed by atoms with E-state index in [0.29, 0.717) is 12.1 Å². The maximum atomic E-state index is 6.86. The van der Waals surface area contributed by atoms with Gasteiger partial charge in [-0.1, -0.05) is 24.3 Å². The van der Waals surface area contributed by atoms with Crippen molar-refractivity contribution >= 4 is 38.2 Å². The summed E-state index contributed by atoms with van der Waals surface area (Å²) in [5, 5.41) is 2.10. The molecular formula is C36H34N6OS. The molecule has 8 heteroatoms. The predicted molar refractivity (Wildman–Crippen MR) is 177 cm³/mol. The maximum Gasteiger partial charge on any atom is 0.225 e. The lowest BCUT2D eigenvalue weighted by Crippen LogP contribution is -2.34. The fourth-order valence-electron chi connectivity index (χ4n) is 6.66. The van der Waals surface area contributed by atoms with Crippen molar-refractivity contribution in [3.63, 3.8) is 0 Å². The van der Waals surface area contributed by atoms with Gasteiger partial charge in [-0.05, 0) is 79.8 Å². The summed E-state index contributed by atoms with van der Waals surface area (Å²) in [6.07, 6.45) is 8.23. The van der Waals surface area contributed by atoms with Gasteiger partial charge in [-0.15, -0.1) is 11.3 Å². The van der Waals surface area contributed by atoms with Gasteiger partial charge in [0, 0.05) is 61.8 Å². The number of rotatable bonds is 8. The van der Waals surface area contributed by atoms with Gasteiger partial charge in [0.25, 0.3) is 0 Å². The number of hydrogen-bond acceptors (Lipinski definition) is 8. The van der Waals surface area contributed by atoms with Crippen molar-refractivity contribution in [3.05, 3.63) is 113 Å². The SMILES string of the molecule is c1ccc(CN(CCN=c2oc3c4c5c(cc3cc2-c2nc3ccccc3s2)CCCN5CCC4)Cc2ccccn2)nc1. The normalized spacial score (nSPS) is 14.9. The number of fused-ring (bicyclic) bond motifs is 3. The molecule has 0 bridgehead atoms. The number of hydrogen-bond donors (Lipinski definition) is 0. The van der Waals surface area contributed by atoms with Gasteiger partial charge in [0.15, 0.2) is 0 Å². The highest BCUT2D eigenvalue weighted by atomic mass is 32.1. The van der Waals surface area contributed by atoms with Crippen molar-refractivity contribution in [2.24, 2.45) is 4.99 Å². The van der Waals surface area contributed by atoms with Gasteiger partial charge in [-0.3, -0.25) is 14.9 Å². The van der Waals surface area contributed by atoms with Crippen LogP contribution < -0.4 is 10.5 Å². The first kappa shape index (κ1) is 27.2. The molecule has 0 fully saturated rings. The van der Waals surface area contributed by atoms with E-state index in [0.717, 1.165) is 90.4 Å². The summed E-state index contributed by atoms with van der Waals surface area (Å²) in [6, 6.07) is 25.1. The van der Waals surface area contributed by atoms with Crippen LogP contribution in [-0.2, 0) is 25.9 Å². The van der Waals surface area contributed by atoms with E-state index < -0.39 is 0 Å². The first-order valence-electron chi connectivity index (χ1n) is 15.5. The van der Waals surface area contributed by atoms with E-state index in [1.165, 1.54) is 27.9 Å². The first-order chi connectivity index (χ1) is 21.8. The minimum absolute atomic E-state index is 0.582. The Hall–Kier alpha value is -4.40. The lowest BCUT2D eigenvalue weighted by molar-refractivity contribution is 0.257. The van der Waals surface area contributed by atoms with Crippen LogP contribution in [0.5, 0.6) is 0 Å². The van der Waals surface area contributed by atoms with Crippen LogP contribution in [0.1, 0.15) is 35.4 Å². The Morgan fingerprint density at radius 3 is 2.36 bits per heavy atom. The minimum Gasteiger partial charge on any atom is -0.438 e. The van der Waals surface area contributed by atoms with E-state index in [9.17, 15) is 0 Å². The summed E-state index contributed by atoms with van der Waals surface area (Å²) in [5.41, 5.74) is 9.89. The third-order valence-electron chi connectivity index (χ3n) is 8.65. The third-order valence-corrected chi connectivity index (χ3v) is 9.72. The molecule has 2 aliphatic heterocycles. The number of aromatic nitrogens is 3. The average Bonchev–Trinajstić information content (AvgIpc) is 3.50. The summed E-state index contributed by atoms with van der Waals surface area (Å²) in [5.74, 6) is 0. The van der Waals surface area contributed by atoms with Crippen LogP contribution in [0.3, 0.4) is 0 Å². The molecule has 0 aliphatic carbocycles. The summed E-state index contributed by atoms with van der Waals surface area (Å²) in [4.78, 5) is 24.3. The number of thiazole rings is 1. The quantitative estimate of drug-likeness (QED) is 0.192. The molecule has 0 N–H and O–H groups in total. The van der Waals surface area contributed by atoms with Crippen molar-refractivity contribution in [3.8, 4) is 10.6 Å². The molecular weight excluding hydrogens is 565 g/mol. The molecule has 4 aromatic heterocycles. The zero-order valence-corrected chi connectivity index (χ0v) is 25.5. The van der Waals surface area contributed by atoms with Crippen LogP contribution in [0.15, 0.2) is 94.6 Å². The lowest BCUT2D eigenvalue weighted by atomic mass is 9.90. The van der Waals surface area contributed by atoms with Gasteiger partial charge in [-0.2, -0.15) is 0 Å². The second-order valence-electron chi connectivity index (χ2n) is 11.7. The highest BCUT2D eigenvalue weighted by Crippen LogP contribution is 2.40. The molecule has 0 atom stereocenters. The number of aryl methyl sites for hydroxylation is 2. The molecule has 0 spiro atoms. The molecule has 6 aromatic rings. The fourth-order valence-corrected chi connectivity index (χ4v) is 7.63. The Morgan fingerprint density at radius 2 is 1.61 bits per heavy atom. The molecule has 220 valence electrons. The number of para-hydroxylation sites is 1. The van der Waals surface area contributed by atoms with Gasteiger partial charge < -0.3 is 9.32 Å². The second-order valence-corrected chi connectivity index (χ2v) is 12.7. The molecule has 0 radical (unpaired) electrons. The van der Waals surface area contributed by atoms with Crippen molar-refractivity contribution in [1.29, 1.82) is 0 Å². The molecule has 2 aromatic carbocycles.